The lowest BCUT2D eigenvalue weighted by Gasteiger charge is -2.33. The Labute approximate surface area is 240 Å². The minimum atomic E-state index is -0.880. The maximum absolute atomic E-state index is 11.5. The van der Waals surface area contributed by atoms with E-state index in [1.807, 2.05) is 60.6 Å². The second kappa shape index (κ2) is 17.2. The van der Waals surface area contributed by atoms with Crippen LogP contribution in [0.2, 0.25) is 0 Å². The molecule has 0 aromatic rings. The fourth-order valence-corrected chi connectivity index (χ4v) is 5.27. The molecule has 0 saturated heterocycles. The first-order chi connectivity index (χ1) is 18.7. The van der Waals surface area contributed by atoms with Crippen molar-refractivity contribution in [3.8, 4) is 0 Å². The molecule has 0 aromatic carbocycles. The van der Waals surface area contributed by atoms with Crippen LogP contribution in [-0.4, -0.2) is 57.9 Å². The Balaban J connectivity index is 2.74. The van der Waals surface area contributed by atoms with E-state index in [4.69, 9.17) is 15.2 Å². The molecule has 0 bridgehead atoms. The third-order valence-electron chi connectivity index (χ3n) is 7.73. The predicted octanol–water partition coefficient (Wildman–Crippen LogP) is 4.86. The molecule has 226 valence electrons. The van der Waals surface area contributed by atoms with Crippen LogP contribution in [-0.2, 0) is 14.3 Å². The fourth-order valence-electron chi connectivity index (χ4n) is 5.27. The van der Waals surface area contributed by atoms with Gasteiger partial charge in [-0.05, 0) is 19.3 Å². The summed E-state index contributed by atoms with van der Waals surface area (Å²) in [5.41, 5.74) is 6.32. The van der Waals surface area contributed by atoms with Crippen molar-refractivity contribution in [2.45, 2.75) is 91.8 Å². The fraction of sp³-hybridized carbons (Fsp3) is 0.625. The summed E-state index contributed by atoms with van der Waals surface area (Å²) in [6, 6.07) is 0. The lowest BCUT2D eigenvalue weighted by molar-refractivity contribution is -0.147. The number of cyclic esters (lactones) is 1. The van der Waals surface area contributed by atoms with Crippen LogP contribution < -0.4 is 5.73 Å². The molecule has 40 heavy (non-hydrogen) atoms. The van der Waals surface area contributed by atoms with E-state index in [0.717, 1.165) is 5.57 Å². The molecule has 5 N–H and O–H groups in total. The lowest BCUT2D eigenvalue weighted by Crippen LogP contribution is -2.41. The number of rotatable bonds is 16. The van der Waals surface area contributed by atoms with Crippen LogP contribution in [0.4, 0.5) is 4.79 Å². The minimum Gasteiger partial charge on any atom is -0.458 e. The van der Waals surface area contributed by atoms with Gasteiger partial charge in [0.05, 0.1) is 18.3 Å². The Morgan fingerprint density at radius 3 is 2.33 bits per heavy atom. The number of primary amides is 1. The molecule has 0 saturated carbocycles. The maximum Gasteiger partial charge on any atom is 0.404 e. The van der Waals surface area contributed by atoms with Gasteiger partial charge in [-0.1, -0.05) is 96.2 Å². The van der Waals surface area contributed by atoms with Crippen LogP contribution in [0.15, 0.2) is 60.8 Å². The molecule has 1 aliphatic rings. The molecule has 1 aliphatic heterocycles. The van der Waals surface area contributed by atoms with Crippen molar-refractivity contribution in [1.82, 2.24) is 0 Å². The van der Waals surface area contributed by atoms with Gasteiger partial charge in [0, 0.05) is 42.1 Å². The monoisotopic (exact) mass is 561 g/mol. The number of nitrogens with two attached hydrogens (primary N) is 1. The molecule has 1 heterocycles. The van der Waals surface area contributed by atoms with Gasteiger partial charge in [-0.3, -0.25) is 0 Å². The second-order valence-electron chi connectivity index (χ2n) is 11.5. The highest BCUT2D eigenvalue weighted by molar-refractivity contribution is 5.82. The molecule has 8 nitrogen and oxygen atoms in total. The molecule has 1 rings (SSSR count). The van der Waals surface area contributed by atoms with Gasteiger partial charge in [0.25, 0.3) is 0 Å². The van der Waals surface area contributed by atoms with Crippen LogP contribution in [0, 0.1) is 35.5 Å². The van der Waals surface area contributed by atoms with E-state index in [1.54, 1.807) is 30.4 Å². The largest absolute Gasteiger partial charge is 0.458 e. The summed E-state index contributed by atoms with van der Waals surface area (Å²) in [5.74, 6) is -1.43. The summed E-state index contributed by atoms with van der Waals surface area (Å²) in [5, 5.41) is 32.4. The highest BCUT2D eigenvalue weighted by Crippen LogP contribution is 2.29. The lowest BCUT2D eigenvalue weighted by atomic mass is 9.81. The molecule has 0 unspecified atom stereocenters. The van der Waals surface area contributed by atoms with Crippen LogP contribution in [0.1, 0.15) is 61.3 Å². The zero-order chi connectivity index (χ0) is 30.6. The van der Waals surface area contributed by atoms with Gasteiger partial charge in [-0.25, -0.2) is 9.59 Å². The van der Waals surface area contributed by atoms with E-state index < -0.39 is 36.5 Å². The van der Waals surface area contributed by atoms with Gasteiger partial charge >= 0.3 is 12.1 Å². The van der Waals surface area contributed by atoms with Gasteiger partial charge in [0.15, 0.2) is 0 Å². The van der Waals surface area contributed by atoms with Gasteiger partial charge in [-0.15, -0.1) is 0 Å². The van der Waals surface area contributed by atoms with Gasteiger partial charge < -0.3 is 30.5 Å². The van der Waals surface area contributed by atoms with Crippen molar-refractivity contribution < 1.29 is 34.4 Å². The SMILES string of the molecule is C=C/C=C\[C@H](C)[C@H](OC(N)=O)[C@@H](C)[C@H](O)[C@@H](C)C/C(C)=C\[C@H](C)[C@@H](O)[C@@H](C)/C=C\[C@@H](O)C[C@@H]1OC(=O)C=C[C@H]1C. The average molecular weight is 562 g/mol. The number of allylic oxidation sites excluding steroid dienone is 3. The topological polar surface area (TPSA) is 139 Å². The zero-order valence-electron chi connectivity index (χ0n) is 25.1. The molecule has 0 radical (unpaired) electrons. The van der Waals surface area contributed by atoms with Gasteiger partial charge in [0.2, 0.25) is 0 Å². The molecule has 0 fully saturated rings. The Morgan fingerprint density at radius 1 is 1.07 bits per heavy atom. The van der Waals surface area contributed by atoms with E-state index in [1.165, 1.54) is 6.08 Å². The summed E-state index contributed by atoms with van der Waals surface area (Å²) in [4.78, 5) is 23.0. The number of amides is 1. The van der Waals surface area contributed by atoms with E-state index in [0.29, 0.717) is 12.8 Å². The number of ether oxygens (including phenoxy) is 2. The Hall–Kier alpha value is -2.68. The third kappa shape index (κ3) is 11.8. The van der Waals surface area contributed by atoms with E-state index in [9.17, 15) is 24.9 Å². The number of esters is 1. The smallest absolute Gasteiger partial charge is 0.404 e. The maximum atomic E-state index is 11.5. The highest BCUT2D eigenvalue weighted by atomic mass is 16.6. The molecular weight excluding hydrogens is 510 g/mol. The van der Waals surface area contributed by atoms with E-state index >= 15 is 0 Å². The Kier molecular flexibility index (Phi) is 15.2. The van der Waals surface area contributed by atoms with Gasteiger partial charge in [0.1, 0.15) is 12.2 Å². The quantitative estimate of drug-likeness (QED) is 0.120. The highest BCUT2D eigenvalue weighted by Gasteiger charge is 2.33. The number of hydrogen-bond donors (Lipinski definition) is 4. The van der Waals surface area contributed by atoms with Crippen molar-refractivity contribution in [2.75, 3.05) is 0 Å². The van der Waals surface area contributed by atoms with Gasteiger partial charge in [-0.2, -0.15) is 0 Å². The summed E-state index contributed by atoms with van der Waals surface area (Å²) in [6.07, 6.45) is 10.7. The summed E-state index contributed by atoms with van der Waals surface area (Å²) < 4.78 is 10.7. The molecule has 8 heteroatoms. The summed E-state index contributed by atoms with van der Waals surface area (Å²) >= 11 is 0. The van der Waals surface area contributed by atoms with Crippen molar-refractivity contribution in [2.24, 2.45) is 41.2 Å². The summed E-state index contributed by atoms with van der Waals surface area (Å²) in [7, 11) is 0. The second-order valence-corrected chi connectivity index (χ2v) is 11.5. The number of hydrogen-bond acceptors (Lipinski definition) is 7. The van der Waals surface area contributed by atoms with Crippen molar-refractivity contribution in [1.29, 1.82) is 0 Å². The molecular formula is C32H51NO7. The first-order valence-corrected chi connectivity index (χ1v) is 14.2. The Bertz CT molecular complexity index is 940. The molecule has 11 atom stereocenters. The van der Waals surface area contributed by atoms with Crippen molar-refractivity contribution >= 4 is 12.1 Å². The van der Waals surface area contributed by atoms with Crippen molar-refractivity contribution in [3.05, 3.63) is 60.8 Å². The first-order valence-electron chi connectivity index (χ1n) is 14.2. The molecule has 0 spiro atoms. The van der Waals surface area contributed by atoms with E-state index in [2.05, 4.69) is 6.58 Å². The number of aliphatic hydroxyl groups excluding tert-OH is 3. The average Bonchev–Trinajstić information content (AvgIpc) is 2.89. The van der Waals surface area contributed by atoms with Crippen LogP contribution in [0.5, 0.6) is 0 Å². The number of carbonyl (C=O) groups is 2. The summed E-state index contributed by atoms with van der Waals surface area (Å²) in [6.45, 7) is 17.1. The zero-order valence-corrected chi connectivity index (χ0v) is 25.1. The van der Waals surface area contributed by atoms with Crippen LogP contribution in [0.3, 0.4) is 0 Å². The van der Waals surface area contributed by atoms with E-state index in [-0.39, 0.29) is 41.6 Å². The first kappa shape index (κ1) is 35.3. The number of carbonyl (C=O) groups excluding carboxylic acids is 2. The standard InChI is InChI=1S/C32H51NO7/c1-9-10-11-22(5)31(40-32(33)38)25(8)30(37)24(7)17-19(2)16-23(6)29(36)21(4)12-14-26(34)18-27-20(3)13-15-28(35)39-27/h9-16,20-27,29-31,34,36-37H,1,17-18H2,2-8H3,(H2,33,38)/b11-10-,14-12-,19-16-/t20-,21+,22+,23+,24+,25+,26-,27+,29+,30-,31+/m1/s1. The van der Waals surface area contributed by atoms with Crippen LogP contribution in [0.25, 0.3) is 0 Å². The predicted molar refractivity (Wildman–Crippen MR) is 158 cm³/mol. The molecule has 0 aliphatic carbocycles. The van der Waals surface area contributed by atoms with Crippen molar-refractivity contribution in [3.63, 3.8) is 0 Å². The number of aliphatic hydroxyl groups is 3. The molecule has 0 aromatic heterocycles. The van der Waals surface area contributed by atoms with Crippen LogP contribution >= 0.6 is 0 Å². The Morgan fingerprint density at radius 2 is 1.73 bits per heavy atom. The molecule has 1 amide bonds. The third-order valence-corrected chi connectivity index (χ3v) is 7.73. The normalized spacial score (nSPS) is 24.9. The minimum absolute atomic E-state index is 0.0276.